The normalized spacial score (nSPS) is 24.1. The number of alkyl halides is 4. The largest absolute Gasteiger partial charge is 0.435 e. The molecule has 1 saturated carbocycles. The van der Waals surface area contributed by atoms with E-state index in [-0.39, 0.29) is 35.8 Å². The topological polar surface area (TPSA) is 56.2 Å². The van der Waals surface area contributed by atoms with Crippen molar-refractivity contribution in [3.8, 4) is 0 Å². The van der Waals surface area contributed by atoms with Crippen molar-refractivity contribution in [3.63, 3.8) is 0 Å². The Balaban J connectivity index is 1.79. The summed E-state index contributed by atoms with van der Waals surface area (Å²) in [5.41, 5.74) is -0.530. The number of hydrogen-bond acceptors (Lipinski definition) is 3. The molecule has 30 heavy (non-hydrogen) atoms. The summed E-state index contributed by atoms with van der Waals surface area (Å²) in [7, 11) is 1.54. The number of carbonyl (C=O) groups is 1. The first-order valence-electron chi connectivity index (χ1n) is 10.5. The molecule has 0 aromatic carbocycles. The number of rotatable bonds is 5. The molecule has 0 radical (unpaired) electrons. The van der Waals surface area contributed by atoms with Crippen LogP contribution >= 0.6 is 0 Å². The maximum atomic E-state index is 13.6. The van der Waals surface area contributed by atoms with E-state index in [4.69, 9.17) is 4.74 Å². The lowest BCUT2D eigenvalue weighted by Gasteiger charge is -2.24. The van der Waals surface area contributed by atoms with E-state index < -0.39 is 18.0 Å². The monoisotopic (exact) mass is 431 g/mol. The molecular formula is C21H29F4N3O2. The standard InChI is InChI=1S/C21H29F4N3O2/c1-13(20(29)26-16-7-9-30-10-8-16)11-18-27-19(21(23,24)25)17(28(18)2)12-14-3-5-15(22)6-4-14/h11,14-16H,3-10,12H2,1-2H3,(H,26,29)/b13-11+. The number of carbonyl (C=O) groups excluding carboxylic acids is 1. The quantitative estimate of drug-likeness (QED) is 0.561. The Bertz CT molecular complexity index is 774. The molecule has 1 saturated heterocycles. The second-order valence-electron chi connectivity index (χ2n) is 8.33. The molecule has 1 amide bonds. The van der Waals surface area contributed by atoms with Gasteiger partial charge in [0.2, 0.25) is 5.91 Å². The van der Waals surface area contributed by atoms with E-state index in [9.17, 15) is 22.4 Å². The molecule has 1 aromatic heterocycles. The van der Waals surface area contributed by atoms with Gasteiger partial charge in [-0.05, 0) is 63.9 Å². The highest BCUT2D eigenvalue weighted by Gasteiger charge is 2.39. The Labute approximate surface area is 173 Å². The summed E-state index contributed by atoms with van der Waals surface area (Å²) in [5.74, 6) is -0.222. The van der Waals surface area contributed by atoms with Crippen LogP contribution in [0.4, 0.5) is 17.6 Å². The molecule has 0 bridgehead atoms. The van der Waals surface area contributed by atoms with Gasteiger partial charge in [-0.25, -0.2) is 9.37 Å². The molecule has 9 heteroatoms. The number of aromatic nitrogens is 2. The third kappa shape index (κ3) is 5.62. The van der Waals surface area contributed by atoms with Gasteiger partial charge in [-0.3, -0.25) is 4.79 Å². The van der Waals surface area contributed by atoms with Crippen molar-refractivity contribution in [3.05, 3.63) is 22.8 Å². The summed E-state index contributed by atoms with van der Waals surface area (Å²) in [6.45, 7) is 2.73. The second-order valence-corrected chi connectivity index (χ2v) is 8.33. The molecule has 3 rings (SSSR count). The van der Waals surface area contributed by atoms with Crippen molar-refractivity contribution in [2.75, 3.05) is 13.2 Å². The zero-order valence-electron chi connectivity index (χ0n) is 17.4. The van der Waals surface area contributed by atoms with Gasteiger partial charge in [-0.2, -0.15) is 13.2 Å². The molecule has 0 unspecified atom stereocenters. The van der Waals surface area contributed by atoms with Gasteiger partial charge in [-0.1, -0.05) is 0 Å². The molecule has 1 aliphatic heterocycles. The predicted molar refractivity (Wildman–Crippen MR) is 104 cm³/mol. The number of imidazole rings is 1. The lowest BCUT2D eigenvalue weighted by Crippen LogP contribution is -2.39. The van der Waals surface area contributed by atoms with Crippen molar-refractivity contribution in [2.45, 2.75) is 70.3 Å². The molecular weight excluding hydrogens is 402 g/mol. The summed E-state index contributed by atoms with van der Waals surface area (Å²) < 4.78 is 60.9. The van der Waals surface area contributed by atoms with Gasteiger partial charge in [0, 0.05) is 31.9 Å². The Hall–Kier alpha value is -1.90. The van der Waals surface area contributed by atoms with Crippen molar-refractivity contribution in [1.29, 1.82) is 0 Å². The predicted octanol–water partition coefficient (Wildman–Crippen LogP) is 4.21. The van der Waals surface area contributed by atoms with Gasteiger partial charge >= 0.3 is 6.18 Å². The molecule has 2 heterocycles. The van der Waals surface area contributed by atoms with Crippen LogP contribution < -0.4 is 5.32 Å². The van der Waals surface area contributed by atoms with E-state index in [2.05, 4.69) is 10.3 Å². The lowest BCUT2D eigenvalue weighted by molar-refractivity contribution is -0.141. The molecule has 1 aromatic rings. The highest BCUT2D eigenvalue weighted by atomic mass is 19.4. The summed E-state index contributed by atoms with van der Waals surface area (Å²) in [6.07, 6.45) is -0.499. The fraction of sp³-hybridized carbons (Fsp3) is 0.714. The molecule has 2 fully saturated rings. The summed E-state index contributed by atoms with van der Waals surface area (Å²) in [6, 6.07) is 0.00269. The first-order valence-corrected chi connectivity index (χ1v) is 10.5. The van der Waals surface area contributed by atoms with Crippen LogP contribution in [0.25, 0.3) is 6.08 Å². The van der Waals surface area contributed by atoms with Gasteiger partial charge in [0.15, 0.2) is 5.69 Å². The van der Waals surface area contributed by atoms with Crippen molar-refractivity contribution < 1.29 is 27.1 Å². The summed E-state index contributed by atoms with van der Waals surface area (Å²) in [5, 5.41) is 2.90. The highest BCUT2D eigenvalue weighted by molar-refractivity contribution is 5.97. The summed E-state index contributed by atoms with van der Waals surface area (Å²) >= 11 is 0. The van der Waals surface area contributed by atoms with Crippen LogP contribution in [-0.4, -0.2) is 40.9 Å². The van der Waals surface area contributed by atoms with Crippen molar-refractivity contribution in [1.82, 2.24) is 14.9 Å². The van der Waals surface area contributed by atoms with Gasteiger partial charge in [0.1, 0.15) is 12.0 Å². The Morgan fingerprint density at radius 3 is 2.43 bits per heavy atom. The van der Waals surface area contributed by atoms with E-state index in [1.54, 1.807) is 6.92 Å². The Kier molecular flexibility index (Phi) is 7.21. The smallest absolute Gasteiger partial charge is 0.381 e. The van der Waals surface area contributed by atoms with E-state index >= 15 is 0 Å². The SMILES string of the molecule is C/C(=C\c1nc(C(F)(F)F)c(CC2CCC(F)CC2)n1C)C(=O)NC1CCOCC1. The average molecular weight is 431 g/mol. The van der Waals surface area contributed by atoms with E-state index in [0.29, 0.717) is 57.3 Å². The van der Waals surface area contributed by atoms with E-state index in [1.165, 1.54) is 17.7 Å². The second kappa shape index (κ2) is 9.49. The van der Waals surface area contributed by atoms with Crippen LogP contribution in [0, 0.1) is 5.92 Å². The van der Waals surface area contributed by atoms with Gasteiger partial charge < -0.3 is 14.6 Å². The van der Waals surface area contributed by atoms with Crippen LogP contribution in [0.15, 0.2) is 5.57 Å². The van der Waals surface area contributed by atoms with Crippen LogP contribution in [0.1, 0.15) is 62.7 Å². The number of hydrogen-bond donors (Lipinski definition) is 1. The van der Waals surface area contributed by atoms with Crippen LogP contribution in [0.5, 0.6) is 0 Å². The van der Waals surface area contributed by atoms with Crippen LogP contribution in [0.3, 0.4) is 0 Å². The van der Waals surface area contributed by atoms with Gasteiger partial charge in [0.25, 0.3) is 0 Å². The molecule has 1 aliphatic carbocycles. The van der Waals surface area contributed by atoms with E-state index in [0.717, 1.165) is 0 Å². The molecule has 0 spiro atoms. The average Bonchev–Trinajstić information content (AvgIpc) is 3.00. The number of nitrogens with one attached hydrogen (secondary N) is 1. The zero-order valence-corrected chi connectivity index (χ0v) is 17.4. The minimum Gasteiger partial charge on any atom is -0.381 e. The number of halogens is 4. The Morgan fingerprint density at radius 1 is 1.20 bits per heavy atom. The van der Waals surface area contributed by atoms with Crippen molar-refractivity contribution >= 4 is 12.0 Å². The van der Waals surface area contributed by atoms with E-state index in [1.807, 2.05) is 0 Å². The summed E-state index contributed by atoms with van der Waals surface area (Å²) in [4.78, 5) is 16.3. The van der Waals surface area contributed by atoms with Gasteiger partial charge in [-0.15, -0.1) is 0 Å². The van der Waals surface area contributed by atoms with Gasteiger partial charge in [0.05, 0.1) is 5.69 Å². The number of ether oxygens (including phenoxy) is 1. The maximum Gasteiger partial charge on any atom is 0.435 e. The molecule has 5 nitrogen and oxygen atoms in total. The maximum absolute atomic E-state index is 13.6. The first-order chi connectivity index (χ1) is 14.1. The minimum absolute atomic E-state index is 0.00269. The zero-order chi connectivity index (χ0) is 21.9. The number of amides is 1. The van der Waals surface area contributed by atoms with Crippen LogP contribution in [-0.2, 0) is 29.2 Å². The third-order valence-electron chi connectivity index (χ3n) is 6.04. The molecule has 0 atom stereocenters. The highest BCUT2D eigenvalue weighted by Crippen LogP contribution is 2.36. The molecule has 2 aliphatic rings. The van der Waals surface area contributed by atoms with Crippen LogP contribution in [0.2, 0.25) is 0 Å². The first kappa shape index (κ1) is 22.8. The fourth-order valence-corrected chi connectivity index (χ4v) is 4.14. The fourth-order valence-electron chi connectivity index (χ4n) is 4.14. The number of nitrogens with zero attached hydrogens (tertiary/aromatic N) is 2. The minimum atomic E-state index is -4.59. The molecule has 168 valence electrons. The molecule has 1 N–H and O–H groups in total. The van der Waals surface area contributed by atoms with Crippen molar-refractivity contribution in [2.24, 2.45) is 13.0 Å². The lowest BCUT2D eigenvalue weighted by atomic mass is 9.85. The Morgan fingerprint density at radius 2 is 1.83 bits per heavy atom. The third-order valence-corrected chi connectivity index (χ3v) is 6.04.